The van der Waals surface area contributed by atoms with Crippen molar-refractivity contribution < 1.29 is 9.53 Å². The summed E-state index contributed by atoms with van der Waals surface area (Å²) in [7, 11) is 0. The number of nitrogens with zero attached hydrogens (tertiary/aromatic N) is 1. The van der Waals surface area contributed by atoms with E-state index in [0.717, 1.165) is 32.2 Å². The van der Waals surface area contributed by atoms with E-state index in [1.165, 1.54) is 5.56 Å². The topological polar surface area (TPSA) is 45.3 Å². The third-order valence-corrected chi connectivity index (χ3v) is 5.04. The molecule has 2 aliphatic rings. The molecule has 0 bridgehead atoms. The van der Waals surface area contributed by atoms with Crippen molar-refractivity contribution in [2.45, 2.75) is 38.6 Å². The normalized spacial score (nSPS) is 31.0. The number of hydrogen-bond donors (Lipinski definition) is 1. The molecule has 0 aliphatic carbocycles. The highest BCUT2D eigenvalue weighted by atomic mass is 16.6. The van der Waals surface area contributed by atoms with Gasteiger partial charge in [-0.3, -0.25) is 4.90 Å². The van der Waals surface area contributed by atoms with Crippen LogP contribution in [0.2, 0.25) is 0 Å². The van der Waals surface area contributed by atoms with Crippen LogP contribution in [-0.2, 0) is 11.2 Å². The van der Waals surface area contributed by atoms with Gasteiger partial charge in [0, 0.05) is 24.4 Å². The Morgan fingerprint density at radius 2 is 2.43 bits per heavy atom. The number of terminal acetylenes is 1. The Kier molecular flexibility index (Phi) is 3.67. The summed E-state index contributed by atoms with van der Waals surface area (Å²) in [5.74, 6) is 3.08. The summed E-state index contributed by atoms with van der Waals surface area (Å²) >= 11 is 0. The zero-order valence-electron chi connectivity index (χ0n) is 12.5. The average molecular weight is 286 g/mol. The standard InChI is InChI=1S/C17H22N2O2/c1-3-7-17(8-5-13-6-9-18-10-13)12-19-15(14(17)4-2)11-21-16(19)20/h2,6,9-10,14-15,18H,3,5,7-8,11-12H2,1H3/t14-,15?,17+/m1/s1. The molecule has 0 spiro atoms. The molecule has 3 rings (SSSR count). The number of amides is 1. The fourth-order valence-electron chi connectivity index (χ4n) is 4.06. The zero-order valence-corrected chi connectivity index (χ0v) is 12.5. The Morgan fingerprint density at radius 3 is 3.10 bits per heavy atom. The van der Waals surface area contributed by atoms with Gasteiger partial charge >= 0.3 is 6.09 Å². The van der Waals surface area contributed by atoms with Crippen LogP contribution in [0.5, 0.6) is 0 Å². The van der Waals surface area contributed by atoms with Crippen molar-refractivity contribution in [1.29, 1.82) is 0 Å². The lowest BCUT2D eigenvalue weighted by molar-refractivity contribution is 0.135. The van der Waals surface area contributed by atoms with Crippen LogP contribution in [0.1, 0.15) is 31.7 Å². The van der Waals surface area contributed by atoms with Crippen LogP contribution in [-0.4, -0.2) is 35.2 Å². The Morgan fingerprint density at radius 1 is 1.57 bits per heavy atom. The summed E-state index contributed by atoms with van der Waals surface area (Å²) in [5.41, 5.74) is 1.33. The third-order valence-electron chi connectivity index (χ3n) is 5.04. The van der Waals surface area contributed by atoms with E-state index in [9.17, 15) is 4.79 Å². The molecule has 2 fully saturated rings. The number of ether oxygens (including phenoxy) is 1. The molecule has 1 aromatic rings. The van der Waals surface area contributed by atoms with E-state index in [-0.39, 0.29) is 23.5 Å². The first kappa shape index (κ1) is 14.1. The molecular formula is C17H22N2O2. The molecule has 3 heterocycles. The lowest BCUT2D eigenvalue weighted by Gasteiger charge is -2.33. The molecule has 21 heavy (non-hydrogen) atoms. The highest BCUT2D eigenvalue weighted by molar-refractivity contribution is 5.71. The van der Waals surface area contributed by atoms with Gasteiger partial charge in [-0.2, -0.15) is 0 Å². The second kappa shape index (κ2) is 5.48. The summed E-state index contributed by atoms with van der Waals surface area (Å²) in [4.78, 5) is 16.8. The first-order chi connectivity index (χ1) is 10.2. The van der Waals surface area contributed by atoms with Crippen LogP contribution in [0.15, 0.2) is 18.5 Å². The number of aryl methyl sites for hydroxylation is 1. The minimum Gasteiger partial charge on any atom is -0.447 e. The molecule has 1 N–H and O–H groups in total. The van der Waals surface area contributed by atoms with Gasteiger partial charge in [-0.25, -0.2) is 4.79 Å². The number of aromatic amines is 1. The predicted octanol–water partition coefficient (Wildman–Crippen LogP) is 2.82. The SMILES string of the molecule is C#C[C@@H]1C2COC(=O)N2C[C@]1(CCC)CCc1cc[nH]c1. The van der Waals surface area contributed by atoms with E-state index < -0.39 is 0 Å². The number of hydrogen-bond acceptors (Lipinski definition) is 2. The monoisotopic (exact) mass is 286 g/mol. The molecule has 112 valence electrons. The molecule has 2 aliphatic heterocycles. The average Bonchev–Trinajstić information content (AvgIpc) is 3.16. The highest BCUT2D eigenvalue weighted by Gasteiger charge is 2.55. The molecule has 0 radical (unpaired) electrons. The third kappa shape index (κ3) is 2.31. The molecular weight excluding hydrogens is 264 g/mol. The van der Waals surface area contributed by atoms with Crippen molar-refractivity contribution in [3.05, 3.63) is 24.0 Å². The summed E-state index contributed by atoms with van der Waals surface area (Å²) in [5, 5.41) is 0. The molecule has 2 saturated heterocycles. The first-order valence-electron chi connectivity index (χ1n) is 7.71. The quantitative estimate of drug-likeness (QED) is 0.846. The van der Waals surface area contributed by atoms with Gasteiger partial charge in [-0.05, 0) is 30.9 Å². The summed E-state index contributed by atoms with van der Waals surface area (Å²) < 4.78 is 5.16. The number of H-pyrrole nitrogens is 1. The number of carbonyl (C=O) groups excluding carboxylic acids is 1. The number of carbonyl (C=O) groups is 1. The van der Waals surface area contributed by atoms with Crippen molar-refractivity contribution in [2.75, 3.05) is 13.2 Å². The smallest absolute Gasteiger partial charge is 0.410 e. The van der Waals surface area contributed by atoms with Gasteiger partial charge in [-0.1, -0.05) is 13.3 Å². The van der Waals surface area contributed by atoms with E-state index in [2.05, 4.69) is 23.9 Å². The number of aromatic nitrogens is 1. The molecule has 1 aromatic heterocycles. The number of cyclic esters (lactones) is 1. The molecule has 1 unspecified atom stereocenters. The number of nitrogens with one attached hydrogen (secondary N) is 1. The Balaban J connectivity index is 1.82. The van der Waals surface area contributed by atoms with Crippen LogP contribution in [0.3, 0.4) is 0 Å². The van der Waals surface area contributed by atoms with Crippen LogP contribution in [0, 0.1) is 23.7 Å². The second-order valence-corrected chi connectivity index (χ2v) is 6.25. The molecule has 4 nitrogen and oxygen atoms in total. The van der Waals surface area contributed by atoms with Gasteiger partial charge in [0.15, 0.2) is 0 Å². The van der Waals surface area contributed by atoms with Crippen LogP contribution in [0.25, 0.3) is 0 Å². The van der Waals surface area contributed by atoms with E-state index >= 15 is 0 Å². The van der Waals surface area contributed by atoms with Gasteiger partial charge in [0.1, 0.15) is 6.61 Å². The van der Waals surface area contributed by atoms with Crippen molar-refractivity contribution in [2.24, 2.45) is 11.3 Å². The van der Waals surface area contributed by atoms with Gasteiger partial charge in [0.25, 0.3) is 0 Å². The van der Waals surface area contributed by atoms with Gasteiger partial charge < -0.3 is 9.72 Å². The van der Waals surface area contributed by atoms with Crippen molar-refractivity contribution in [3.8, 4) is 12.3 Å². The second-order valence-electron chi connectivity index (χ2n) is 6.25. The fraction of sp³-hybridized carbons (Fsp3) is 0.588. The lowest BCUT2D eigenvalue weighted by atomic mass is 9.69. The van der Waals surface area contributed by atoms with Gasteiger partial charge in [-0.15, -0.1) is 12.3 Å². The minimum atomic E-state index is -0.195. The molecule has 0 saturated carbocycles. The van der Waals surface area contributed by atoms with Crippen LogP contribution >= 0.6 is 0 Å². The van der Waals surface area contributed by atoms with Gasteiger partial charge in [0.05, 0.1) is 12.0 Å². The fourth-order valence-corrected chi connectivity index (χ4v) is 4.06. The van der Waals surface area contributed by atoms with E-state index in [1.807, 2.05) is 17.3 Å². The molecule has 3 atom stereocenters. The summed E-state index contributed by atoms with van der Waals surface area (Å²) in [6.45, 7) is 3.38. The lowest BCUT2D eigenvalue weighted by Crippen LogP contribution is -2.33. The molecule has 1 amide bonds. The first-order valence-corrected chi connectivity index (χ1v) is 7.71. The summed E-state index contributed by atoms with van der Waals surface area (Å²) in [6.07, 6.45) is 13.8. The Hall–Kier alpha value is -1.89. The number of rotatable bonds is 5. The predicted molar refractivity (Wildman–Crippen MR) is 80.6 cm³/mol. The maximum absolute atomic E-state index is 11.9. The summed E-state index contributed by atoms with van der Waals surface area (Å²) in [6, 6.07) is 2.18. The van der Waals surface area contributed by atoms with Gasteiger partial charge in [0.2, 0.25) is 0 Å². The molecule has 0 aromatic carbocycles. The van der Waals surface area contributed by atoms with E-state index in [0.29, 0.717) is 6.61 Å². The Labute approximate surface area is 125 Å². The highest BCUT2D eigenvalue weighted by Crippen LogP contribution is 2.48. The van der Waals surface area contributed by atoms with Crippen LogP contribution < -0.4 is 0 Å². The maximum Gasteiger partial charge on any atom is 0.410 e. The van der Waals surface area contributed by atoms with E-state index in [4.69, 9.17) is 11.2 Å². The minimum absolute atomic E-state index is 0.0326. The van der Waals surface area contributed by atoms with Crippen molar-refractivity contribution >= 4 is 6.09 Å². The zero-order chi connectivity index (χ0) is 14.9. The molecule has 4 heteroatoms. The largest absolute Gasteiger partial charge is 0.447 e. The van der Waals surface area contributed by atoms with Crippen LogP contribution in [0.4, 0.5) is 4.79 Å². The number of fused-ring (bicyclic) bond motifs is 1. The van der Waals surface area contributed by atoms with E-state index in [1.54, 1.807) is 0 Å². The van der Waals surface area contributed by atoms with Crippen molar-refractivity contribution in [1.82, 2.24) is 9.88 Å². The van der Waals surface area contributed by atoms with Crippen molar-refractivity contribution in [3.63, 3.8) is 0 Å². The maximum atomic E-state index is 11.9. The Bertz CT molecular complexity index is 546.